The maximum atomic E-state index is 12.1. The average Bonchev–Trinajstić information content (AvgIpc) is 2.87. The molecule has 2 aliphatic rings. The molecule has 21 heavy (non-hydrogen) atoms. The first-order valence-electron chi connectivity index (χ1n) is 6.92. The van der Waals surface area contributed by atoms with Crippen LogP contribution < -0.4 is 15.2 Å². The van der Waals surface area contributed by atoms with E-state index in [1.165, 1.54) is 0 Å². The van der Waals surface area contributed by atoms with Gasteiger partial charge >= 0.3 is 0 Å². The van der Waals surface area contributed by atoms with E-state index in [2.05, 4.69) is 6.07 Å². The molecular weight excluding hydrogens is 268 g/mol. The summed E-state index contributed by atoms with van der Waals surface area (Å²) in [7, 11) is 1.75. The molecule has 108 valence electrons. The van der Waals surface area contributed by atoms with Crippen molar-refractivity contribution in [3.05, 3.63) is 39.7 Å². The second-order valence-corrected chi connectivity index (χ2v) is 5.73. The molecule has 0 saturated heterocycles. The van der Waals surface area contributed by atoms with Gasteiger partial charge in [0.2, 0.25) is 0 Å². The molecule has 0 aliphatic carbocycles. The molecule has 1 aromatic heterocycles. The van der Waals surface area contributed by atoms with E-state index in [0.717, 1.165) is 33.3 Å². The standard InChI is InChI=1S/C16H16N2O3/c1-8-4-12(19)17(3)14-10(8)6-11-9(2)5-13(20)18-7-21-16(14)15(11)18/h4-6,13,20H,7H2,1-3H3. The highest BCUT2D eigenvalue weighted by molar-refractivity contribution is 6.00. The normalized spacial score (nSPS) is 19.5. The van der Waals surface area contributed by atoms with Gasteiger partial charge in [0.15, 0.2) is 12.5 Å². The third-order valence-corrected chi connectivity index (χ3v) is 4.44. The Morgan fingerprint density at radius 2 is 2.10 bits per heavy atom. The van der Waals surface area contributed by atoms with Crippen LogP contribution in [-0.4, -0.2) is 22.6 Å². The first kappa shape index (κ1) is 12.5. The summed E-state index contributed by atoms with van der Waals surface area (Å²) in [6.45, 7) is 4.22. The smallest absolute Gasteiger partial charge is 0.251 e. The van der Waals surface area contributed by atoms with Crippen LogP contribution in [0.5, 0.6) is 5.75 Å². The van der Waals surface area contributed by atoms with Gasteiger partial charge in [-0.15, -0.1) is 0 Å². The van der Waals surface area contributed by atoms with E-state index >= 15 is 0 Å². The summed E-state index contributed by atoms with van der Waals surface area (Å²) in [5.74, 6) is 0.692. The van der Waals surface area contributed by atoms with Crippen molar-refractivity contribution in [2.24, 2.45) is 7.05 Å². The summed E-state index contributed by atoms with van der Waals surface area (Å²) >= 11 is 0. The highest BCUT2D eigenvalue weighted by Crippen LogP contribution is 2.48. The number of aromatic nitrogens is 1. The van der Waals surface area contributed by atoms with E-state index in [-0.39, 0.29) is 5.56 Å². The lowest BCUT2D eigenvalue weighted by Gasteiger charge is -2.28. The summed E-state index contributed by atoms with van der Waals surface area (Å²) in [6.07, 6.45) is 1.14. The Kier molecular flexibility index (Phi) is 2.31. The molecule has 0 saturated carbocycles. The number of fused-ring (bicyclic) bond motifs is 2. The van der Waals surface area contributed by atoms with Crippen LogP contribution in [0.15, 0.2) is 23.0 Å². The van der Waals surface area contributed by atoms with Gasteiger partial charge in [0.05, 0.1) is 11.2 Å². The molecule has 1 atom stereocenters. The molecule has 1 N–H and O–H groups in total. The molecule has 0 spiro atoms. The molecule has 3 heterocycles. The summed E-state index contributed by atoms with van der Waals surface area (Å²) < 4.78 is 7.43. The van der Waals surface area contributed by atoms with Crippen LogP contribution >= 0.6 is 0 Å². The predicted octanol–water partition coefficient (Wildman–Crippen LogP) is 1.74. The average molecular weight is 284 g/mol. The minimum absolute atomic E-state index is 0.0538. The molecule has 5 nitrogen and oxygen atoms in total. The van der Waals surface area contributed by atoms with Crippen LogP contribution in [0.2, 0.25) is 0 Å². The van der Waals surface area contributed by atoms with E-state index < -0.39 is 6.23 Å². The minimum Gasteiger partial charge on any atom is -0.469 e. The molecular formula is C16H16N2O3. The lowest BCUT2D eigenvalue weighted by molar-refractivity contribution is 0.195. The summed E-state index contributed by atoms with van der Waals surface area (Å²) in [5, 5.41) is 11.2. The molecule has 2 aliphatic heterocycles. The zero-order valence-corrected chi connectivity index (χ0v) is 12.2. The number of hydrogen-bond donors (Lipinski definition) is 1. The number of nitrogens with zero attached hydrogens (tertiary/aromatic N) is 2. The maximum absolute atomic E-state index is 12.1. The van der Waals surface area contributed by atoms with E-state index in [0.29, 0.717) is 12.5 Å². The fourth-order valence-corrected chi connectivity index (χ4v) is 3.27. The van der Waals surface area contributed by atoms with Crippen LogP contribution in [0.3, 0.4) is 0 Å². The number of benzene rings is 1. The van der Waals surface area contributed by atoms with E-state index in [1.807, 2.05) is 24.8 Å². The Morgan fingerprint density at radius 1 is 1.33 bits per heavy atom. The molecule has 1 aromatic carbocycles. The third-order valence-electron chi connectivity index (χ3n) is 4.44. The zero-order chi connectivity index (χ0) is 14.9. The lowest BCUT2D eigenvalue weighted by atomic mass is 9.95. The van der Waals surface area contributed by atoms with E-state index in [4.69, 9.17) is 4.74 Å². The number of aryl methyl sites for hydroxylation is 2. The molecule has 1 unspecified atom stereocenters. The summed E-state index contributed by atoms with van der Waals surface area (Å²) in [4.78, 5) is 13.9. The predicted molar refractivity (Wildman–Crippen MR) is 81.6 cm³/mol. The molecule has 5 heteroatoms. The van der Waals surface area contributed by atoms with Gasteiger partial charge in [0.1, 0.15) is 6.23 Å². The number of allylic oxidation sites excluding steroid dienone is 1. The number of ether oxygens (including phenoxy) is 1. The van der Waals surface area contributed by atoms with Crippen LogP contribution in [-0.2, 0) is 7.05 Å². The Bertz CT molecular complexity index is 879. The molecule has 0 radical (unpaired) electrons. The largest absolute Gasteiger partial charge is 0.469 e. The summed E-state index contributed by atoms with van der Waals surface area (Å²) in [6, 6.07) is 3.73. The van der Waals surface area contributed by atoms with E-state index in [9.17, 15) is 9.90 Å². The van der Waals surface area contributed by atoms with Gasteiger partial charge in [-0.25, -0.2) is 0 Å². The molecule has 0 amide bonds. The molecule has 2 aromatic rings. The number of anilines is 1. The van der Waals surface area contributed by atoms with Gasteiger partial charge in [-0.1, -0.05) is 0 Å². The third kappa shape index (κ3) is 1.46. The molecule has 4 rings (SSSR count). The van der Waals surface area contributed by atoms with Crippen molar-refractivity contribution in [1.29, 1.82) is 0 Å². The zero-order valence-electron chi connectivity index (χ0n) is 12.2. The molecule has 0 bridgehead atoms. The van der Waals surface area contributed by atoms with Gasteiger partial charge in [-0.2, -0.15) is 0 Å². The highest BCUT2D eigenvalue weighted by Gasteiger charge is 2.34. The maximum Gasteiger partial charge on any atom is 0.251 e. The van der Waals surface area contributed by atoms with Gasteiger partial charge in [-0.05, 0) is 37.1 Å². The lowest BCUT2D eigenvalue weighted by Crippen LogP contribution is -2.35. The van der Waals surface area contributed by atoms with Crippen molar-refractivity contribution in [2.45, 2.75) is 20.1 Å². The SMILES string of the molecule is CC1=CC(O)N2COc3c2c1cc1c(C)cc(=O)n(C)c31. The van der Waals surface area contributed by atoms with Crippen LogP contribution in [0.1, 0.15) is 18.1 Å². The highest BCUT2D eigenvalue weighted by atomic mass is 16.5. The fourth-order valence-electron chi connectivity index (χ4n) is 3.27. The first-order valence-corrected chi connectivity index (χ1v) is 6.92. The monoisotopic (exact) mass is 284 g/mol. The van der Waals surface area contributed by atoms with Gasteiger partial charge in [-0.3, -0.25) is 4.79 Å². The van der Waals surface area contributed by atoms with Gasteiger partial charge in [0, 0.05) is 24.1 Å². The summed E-state index contributed by atoms with van der Waals surface area (Å²) in [5.41, 5.74) is 4.64. The Hall–Kier alpha value is -2.27. The number of aliphatic hydroxyl groups excluding tert-OH is 1. The Balaban J connectivity index is 2.22. The topological polar surface area (TPSA) is 54.7 Å². The van der Waals surface area contributed by atoms with E-state index in [1.54, 1.807) is 17.7 Å². The van der Waals surface area contributed by atoms with Crippen molar-refractivity contribution in [2.75, 3.05) is 11.6 Å². The van der Waals surface area contributed by atoms with Crippen LogP contribution in [0.25, 0.3) is 16.5 Å². The number of pyridine rings is 1. The Morgan fingerprint density at radius 3 is 2.86 bits per heavy atom. The van der Waals surface area contributed by atoms with Gasteiger partial charge < -0.3 is 19.3 Å². The second kappa shape index (κ2) is 3.89. The van der Waals surface area contributed by atoms with Crippen LogP contribution in [0.4, 0.5) is 5.69 Å². The fraction of sp³-hybridized carbons (Fsp3) is 0.312. The number of aliphatic hydroxyl groups is 1. The van der Waals surface area contributed by atoms with Crippen molar-refractivity contribution < 1.29 is 9.84 Å². The van der Waals surface area contributed by atoms with Crippen molar-refractivity contribution in [3.63, 3.8) is 0 Å². The minimum atomic E-state index is -0.682. The quantitative estimate of drug-likeness (QED) is 0.800. The van der Waals surface area contributed by atoms with Crippen molar-refractivity contribution in [1.82, 2.24) is 4.57 Å². The first-order chi connectivity index (χ1) is 9.99. The molecule has 0 fully saturated rings. The van der Waals surface area contributed by atoms with Gasteiger partial charge in [0.25, 0.3) is 5.56 Å². The number of hydrogen-bond acceptors (Lipinski definition) is 4. The van der Waals surface area contributed by atoms with Crippen molar-refractivity contribution >= 4 is 22.2 Å². The Labute approximate surface area is 121 Å². The number of rotatable bonds is 0. The van der Waals surface area contributed by atoms with Crippen LogP contribution in [0, 0.1) is 6.92 Å². The second-order valence-electron chi connectivity index (χ2n) is 5.73. The van der Waals surface area contributed by atoms with Crippen molar-refractivity contribution in [3.8, 4) is 5.75 Å².